The third kappa shape index (κ3) is 3.00. The number of hydrogen-bond acceptors (Lipinski definition) is 5. The van der Waals surface area contributed by atoms with E-state index in [-0.39, 0.29) is 6.17 Å². The maximum absolute atomic E-state index is 9.46. The van der Waals surface area contributed by atoms with Gasteiger partial charge in [0.15, 0.2) is 5.88 Å². The van der Waals surface area contributed by atoms with Crippen LogP contribution in [-0.2, 0) is 6.54 Å². The summed E-state index contributed by atoms with van der Waals surface area (Å²) in [6.45, 7) is 2.95. The van der Waals surface area contributed by atoms with Gasteiger partial charge in [0.2, 0.25) is 0 Å². The molecule has 0 saturated heterocycles. The summed E-state index contributed by atoms with van der Waals surface area (Å²) in [6.07, 6.45) is 6.24. The molecule has 2 heterocycles. The molecule has 6 heteroatoms. The third-order valence-corrected chi connectivity index (χ3v) is 4.30. The molecule has 5 nitrogen and oxygen atoms in total. The second-order valence-electron chi connectivity index (χ2n) is 5.93. The zero-order valence-corrected chi connectivity index (χ0v) is 12.9. The van der Waals surface area contributed by atoms with Gasteiger partial charge in [-0.25, -0.2) is 0 Å². The Kier molecular flexibility index (Phi) is 4.71. The largest absolute Gasteiger partial charge is 0.492 e. The first kappa shape index (κ1) is 15.4. The van der Waals surface area contributed by atoms with E-state index < -0.39 is 7.12 Å². The molecule has 0 fully saturated rings. The van der Waals surface area contributed by atoms with Crippen LogP contribution in [0.25, 0.3) is 11.0 Å². The number of nitrogens with one attached hydrogen (secondary N) is 2. The molecule has 1 atom stereocenters. The van der Waals surface area contributed by atoms with Crippen molar-refractivity contribution < 1.29 is 14.5 Å². The maximum Gasteiger partial charge on any atom is 0.492 e. The van der Waals surface area contributed by atoms with E-state index in [1.54, 1.807) is 6.07 Å². The molecule has 0 aliphatic carbocycles. The number of unbranched alkanes of at least 4 members (excludes halogenated alkanes) is 3. The van der Waals surface area contributed by atoms with Gasteiger partial charge in [0.1, 0.15) is 5.58 Å². The van der Waals surface area contributed by atoms with E-state index in [4.69, 9.17) is 4.42 Å². The molecule has 1 aromatic carbocycles. The van der Waals surface area contributed by atoms with Crippen molar-refractivity contribution in [3.63, 3.8) is 0 Å². The molecule has 3 rings (SSSR count). The van der Waals surface area contributed by atoms with Gasteiger partial charge >= 0.3 is 7.12 Å². The molecule has 1 aliphatic rings. The fourth-order valence-electron chi connectivity index (χ4n) is 3.07. The molecule has 0 spiro atoms. The van der Waals surface area contributed by atoms with E-state index in [9.17, 15) is 10.0 Å². The Balaban J connectivity index is 1.77. The lowest BCUT2D eigenvalue weighted by atomic mass is 9.79. The van der Waals surface area contributed by atoms with Gasteiger partial charge in [-0.3, -0.25) is 5.32 Å². The minimum absolute atomic E-state index is 0.215. The summed E-state index contributed by atoms with van der Waals surface area (Å²) < 4.78 is 5.87. The summed E-state index contributed by atoms with van der Waals surface area (Å²) in [5.41, 5.74) is 2.03. The monoisotopic (exact) mass is 302 g/mol. The van der Waals surface area contributed by atoms with Crippen molar-refractivity contribution in [1.82, 2.24) is 5.32 Å². The highest BCUT2D eigenvalue weighted by molar-refractivity contribution is 6.61. The number of furan rings is 1. The molecule has 0 amide bonds. The van der Waals surface area contributed by atoms with Crippen LogP contribution in [0.15, 0.2) is 22.6 Å². The lowest BCUT2D eigenvalue weighted by Gasteiger charge is -2.25. The SMILES string of the molecule is CCCCCCC1NCc2c(oc3c(B(O)O)cccc23)N1. The second-order valence-corrected chi connectivity index (χ2v) is 5.93. The highest BCUT2D eigenvalue weighted by Crippen LogP contribution is 2.32. The summed E-state index contributed by atoms with van der Waals surface area (Å²) in [7, 11) is -1.52. The Morgan fingerprint density at radius 2 is 2.14 bits per heavy atom. The first-order valence-electron chi connectivity index (χ1n) is 8.11. The van der Waals surface area contributed by atoms with Gasteiger partial charge < -0.3 is 19.8 Å². The van der Waals surface area contributed by atoms with Crippen molar-refractivity contribution in [2.24, 2.45) is 0 Å². The zero-order chi connectivity index (χ0) is 15.5. The predicted molar refractivity (Wildman–Crippen MR) is 89.0 cm³/mol. The van der Waals surface area contributed by atoms with E-state index >= 15 is 0 Å². The third-order valence-electron chi connectivity index (χ3n) is 4.30. The maximum atomic E-state index is 9.46. The smallest absolute Gasteiger partial charge is 0.441 e. The first-order chi connectivity index (χ1) is 10.7. The van der Waals surface area contributed by atoms with Crippen LogP contribution in [0.5, 0.6) is 0 Å². The van der Waals surface area contributed by atoms with Gasteiger partial charge in [-0.05, 0) is 6.42 Å². The number of hydrogen-bond donors (Lipinski definition) is 4. The van der Waals surface area contributed by atoms with Crippen molar-refractivity contribution in [2.45, 2.75) is 51.7 Å². The van der Waals surface area contributed by atoms with Crippen LogP contribution < -0.4 is 16.1 Å². The average Bonchev–Trinajstić information content (AvgIpc) is 2.89. The van der Waals surface area contributed by atoms with E-state index in [1.807, 2.05) is 12.1 Å². The molecule has 1 aromatic heterocycles. The van der Waals surface area contributed by atoms with Crippen molar-refractivity contribution in [1.29, 1.82) is 0 Å². The predicted octanol–water partition coefficient (Wildman–Crippen LogP) is 1.92. The van der Waals surface area contributed by atoms with E-state index in [2.05, 4.69) is 17.6 Å². The topological polar surface area (TPSA) is 77.7 Å². The zero-order valence-electron chi connectivity index (χ0n) is 12.9. The Hall–Kier alpha value is -1.50. The lowest BCUT2D eigenvalue weighted by Crippen LogP contribution is -2.39. The van der Waals surface area contributed by atoms with Crippen LogP contribution in [0.1, 0.15) is 44.6 Å². The van der Waals surface area contributed by atoms with Crippen molar-refractivity contribution in [2.75, 3.05) is 5.32 Å². The van der Waals surface area contributed by atoms with Gasteiger partial charge in [0, 0.05) is 23.0 Å². The molecule has 0 bridgehead atoms. The summed E-state index contributed by atoms with van der Waals surface area (Å²) in [5, 5.41) is 26.7. The van der Waals surface area contributed by atoms with Gasteiger partial charge in [0.25, 0.3) is 0 Å². The van der Waals surface area contributed by atoms with Crippen molar-refractivity contribution in [3.8, 4) is 0 Å². The molecule has 1 aliphatic heterocycles. The Labute approximate surface area is 130 Å². The lowest BCUT2D eigenvalue weighted by molar-refractivity contribution is 0.425. The number of benzene rings is 1. The van der Waals surface area contributed by atoms with E-state index in [1.165, 1.54) is 25.7 Å². The fourth-order valence-corrected chi connectivity index (χ4v) is 3.07. The van der Waals surface area contributed by atoms with Gasteiger partial charge in [-0.2, -0.15) is 0 Å². The van der Waals surface area contributed by atoms with Gasteiger partial charge in [-0.1, -0.05) is 50.8 Å². The number of para-hydroxylation sites is 1. The molecule has 1 unspecified atom stereocenters. The summed E-state index contributed by atoms with van der Waals surface area (Å²) in [6, 6.07) is 5.45. The number of rotatable bonds is 6. The molecule has 0 radical (unpaired) electrons. The van der Waals surface area contributed by atoms with E-state index in [0.717, 1.165) is 29.8 Å². The first-order valence-corrected chi connectivity index (χ1v) is 8.11. The average molecular weight is 302 g/mol. The summed E-state index contributed by atoms with van der Waals surface area (Å²) in [5.74, 6) is 0.752. The molecule has 118 valence electrons. The van der Waals surface area contributed by atoms with Crippen LogP contribution in [0.4, 0.5) is 5.88 Å². The quantitative estimate of drug-likeness (QED) is 0.484. The molecule has 2 aromatic rings. The van der Waals surface area contributed by atoms with Gasteiger partial charge in [0.05, 0.1) is 6.17 Å². The van der Waals surface area contributed by atoms with E-state index in [0.29, 0.717) is 11.0 Å². The minimum atomic E-state index is -1.52. The molecule has 0 saturated carbocycles. The highest BCUT2D eigenvalue weighted by Gasteiger charge is 2.26. The molecule has 22 heavy (non-hydrogen) atoms. The Morgan fingerprint density at radius 3 is 2.91 bits per heavy atom. The standard InChI is InChI=1S/C16H23BN2O3/c1-2-3-4-5-9-14-18-10-12-11-7-6-8-13(17(20)21)15(11)22-16(12)19-14/h6-8,14,18-21H,2-5,9-10H2,1H3. The van der Waals surface area contributed by atoms with Gasteiger partial charge in [-0.15, -0.1) is 0 Å². The molecular formula is C16H23BN2O3. The number of anilines is 1. The number of fused-ring (bicyclic) bond motifs is 3. The molecule has 4 N–H and O–H groups in total. The van der Waals surface area contributed by atoms with Crippen LogP contribution in [0, 0.1) is 0 Å². The van der Waals surface area contributed by atoms with Crippen LogP contribution >= 0.6 is 0 Å². The molecular weight excluding hydrogens is 279 g/mol. The summed E-state index contributed by atoms with van der Waals surface area (Å²) in [4.78, 5) is 0. The Bertz CT molecular complexity index is 642. The minimum Gasteiger partial charge on any atom is -0.441 e. The van der Waals surface area contributed by atoms with Crippen molar-refractivity contribution >= 4 is 29.4 Å². The van der Waals surface area contributed by atoms with Crippen LogP contribution in [0.2, 0.25) is 0 Å². The highest BCUT2D eigenvalue weighted by atomic mass is 16.4. The van der Waals surface area contributed by atoms with Crippen LogP contribution in [0.3, 0.4) is 0 Å². The van der Waals surface area contributed by atoms with Crippen LogP contribution in [-0.4, -0.2) is 23.3 Å². The second kappa shape index (κ2) is 6.73. The van der Waals surface area contributed by atoms with Crippen molar-refractivity contribution in [3.05, 3.63) is 23.8 Å². The Morgan fingerprint density at radius 1 is 1.27 bits per heavy atom. The normalized spacial score (nSPS) is 17.3. The fraction of sp³-hybridized carbons (Fsp3) is 0.500. The summed E-state index contributed by atoms with van der Waals surface area (Å²) >= 11 is 0.